The number of carbonyl (C=O) groups excluding carboxylic acids is 1. The number of ketones is 1. The lowest BCUT2D eigenvalue weighted by atomic mass is 10.0. The summed E-state index contributed by atoms with van der Waals surface area (Å²) in [4.78, 5) is 13.0. The van der Waals surface area contributed by atoms with Crippen LogP contribution in [0, 0.1) is 0 Å². The molecule has 0 aliphatic carbocycles. The van der Waals surface area contributed by atoms with Gasteiger partial charge >= 0.3 is 0 Å². The maximum Gasteiger partial charge on any atom is 0.257 e. The van der Waals surface area contributed by atoms with E-state index in [9.17, 15) is 4.79 Å². The number of imidazole rings is 1. The predicted octanol–water partition coefficient (Wildman–Crippen LogP) is 5.18. The molecule has 0 radical (unpaired) electrons. The zero-order valence-electron chi connectivity index (χ0n) is 16.9. The summed E-state index contributed by atoms with van der Waals surface area (Å²) in [5.41, 5.74) is 4.51. The van der Waals surface area contributed by atoms with Crippen LogP contribution in [0.25, 0.3) is 11.3 Å². The third-order valence-electron chi connectivity index (χ3n) is 5.78. The zero-order chi connectivity index (χ0) is 19.5. The number of rotatable bonds is 5. The van der Waals surface area contributed by atoms with Crippen molar-refractivity contribution in [1.82, 2.24) is 4.57 Å². The standard InChI is InChI=1S/C25H29N2O/c1-19(2)20-12-14-22(15-13-20)24(28)18-26-17-23(21-9-5-3-6-10-21)27-16-8-4-7-11-25(26)27/h3,5-6,9-10,12-15,17,19H,4,7-8,11,16,18H2,1-2H3/q+1. The van der Waals surface area contributed by atoms with E-state index in [2.05, 4.69) is 65.6 Å². The van der Waals surface area contributed by atoms with E-state index in [0.29, 0.717) is 12.5 Å². The van der Waals surface area contributed by atoms with Crippen LogP contribution in [0.5, 0.6) is 0 Å². The van der Waals surface area contributed by atoms with Gasteiger partial charge < -0.3 is 0 Å². The van der Waals surface area contributed by atoms with Gasteiger partial charge in [-0.25, -0.2) is 9.13 Å². The SMILES string of the molecule is CC(C)c1ccc(C(=O)C[n+]2cc(-c3ccccc3)n3c2CCCCC3)cc1. The third kappa shape index (κ3) is 3.80. The Balaban J connectivity index is 1.65. The zero-order valence-corrected chi connectivity index (χ0v) is 16.9. The molecule has 0 unspecified atom stereocenters. The molecule has 0 saturated heterocycles. The van der Waals surface area contributed by atoms with Crippen molar-refractivity contribution < 1.29 is 9.36 Å². The van der Waals surface area contributed by atoms with Gasteiger partial charge in [0, 0.05) is 17.5 Å². The van der Waals surface area contributed by atoms with Gasteiger partial charge in [0.1, 0.15) is 6.20 Å². The number of benzene rings is 2. The maximum absolute atomic E-state index is 13.0. The topological polar surface area (TPSA) is 25.9 Å². The van der Waals surface area contributed by atoms with Gasteiger partial charge in [-0.15, -0.1) is 0 Å². The summed E-state index contributed by atoms with van der Waals surface area (Å²) in [6.45, 7) is 5.79. The second kappa shape index (κ2) is 8.14. The van der Waals surface area contributed by atoms with Crippen LogP contribution in [-0.4, -0.2) is 10.4 Å². The van der Waals surface area contributed by atoms with Gasteiger partial charge in [-0.1, -0.05) is 68.4 Å². The highest BCUT2D eigenvalue weighted by molar-refractivity contribution is 5.95. The molecule has 3 aromatic rings. The molecule has 1 aromatic heterocycles. The van der Waals surface area contributed by atoms with Crippen LogP contribution in [0.2, 0.25) is 0 Å². The van der Waals surface area contributed by atoms with E-state index in [1.54, 1.807) is 0 Å². The van der Waals surface area contributed by atoms with Crippen LogP contribution in [0.4, 0.5) is 0 Å². The summed E-state index contributed by atoms with van der Waals surface area (Å²) in [6.07, 6.45) is 6.85. The molecule has 0 bridgehead atoms. The Hall–Kier alpha value is -2.68. The first-order valence-electron chi connectivity index (χ1n) is 10.4. The van der Waals surface area contributed by atoms with Crippen LogP contribution in [0.3, 0.4) is 0 Å². The minimum absolute atomic E-state index is 0.178. The first kappa shape index (κ1) is 18.7. The Kier molecular flexibility index (Phi) is 5.43. The number of nitrogens with zero attached hydrogens (tertiary/aromatic N) is 2. The summed E-state index contributed by atoms with van der Waals surface area (Å²) in [5, 5.41) is 0. The van der Waals surface area contributed by atoms with Gasteiger partial charge in [-0.3, -0.25) is 4.79 Å². The predicted molar refractivity (Wildman–Crippen MR) is 112 cm³/mol. The van der Waals surface area contributed by atoms with E-state index in [-0.39, 0.29) is 5.78 Å². The number of aromatic nitrogens is 2. The Morgan fingerprint density at radius 2 is 1.75 bits per heavy atom. The van der Waals surface area contributed by atoms with E-state index < -0.39 is 0 Å². The van der Waals surface area contributed by atoms with Crippen molar-refractivity contribution in [2.75, 3.05) is 0 Å². The molecule has 3 nitrogen and oxygen atoms in total. The van der Waals surface area contributed by atoms with Crippen LogP contribution in [0.15, 0.2) is 60.8 Å². The third-order valence-corrected chi connectivity index (χ3v) is 5.78. The highest BCUT2D eigenvalue weighted by Gasteiger charge is 2.27. The van der Waals surface area contributed by atoms with E-state index in [4.69, 9.17) is 0 Å². The van der Waals surface area contributed by atoms with Crippen molar-refractivity contribution in [3.63, 3.8) is 0 Å². The summed E-state index contributed by atoms with van der Waals surface area (Å²) in [6, 6.07) is 18.6. The van der Waals surface area contributed by atoms with Gasteiger partial charge in [0.2, 0.25) is 5.78 Å². The first-order chi connectivity index (χ1) is 13.6. The quantitative estimate of drug-likeness (QED) is 0.447. The van der Waals surface area contributed by atoms with E-state index >= 15 is 0 Å². The molecule has 0 N–H and O–H groups in total. The van der Waals surface area contributed by atoms with E-state index in [1.165, 1.54) is 41.9 Å². The van der Waals surface area contributed by atoms with Gasteiger partial charge in [-0.2, -0.15) is 0 Å². The molecule has 0 atom stereocenters. The molecule has 0 spiro atoms. The molecular formula is C25H29N2O+. The Bertz CT molecular complexity index is 952. The summed E-state index contributed by atoms with van der Waals surface area (Å²) >= 11 is 0. The van der Waals surface area contributed by atoms with Gasteiger partial charge in [-0.05, 0) is 30.7 Å². The number of Topliss-reactive ketones (excluding diaryl/α,β-unsaturated/α-hetero) is 1. The van der Waals surface area contributed by atoms with Crippen molar-refractivity contribution in [3.05, 3.63) is 77.7 Å². The molecule has 1 aliphatic heterocycles. The Labute approximate surface area is 167 Å². The fourth-order valence-corrected chi connectivity index (χ4v) is 4.12. The minimum atomic E-state index is 0.178. The normalized spacial score (nSPS) is 14.0. The van der Waals surface area contributed by atoms with Crippen LogP contribution >= 0.6 is 0 Å². The highest BCUT2D eigenvalue weighted by Crippen LogP contribution is 2.24. The van der Waals surface area contributed by atoms with Gasteiger partial charge in [0.15, 0.2) is 12.2 Å². The van der Waals surface area contributed by atoms with Gasteiger partial charge in [0.25, 0.3) is 5.82 Å². The molecule has 144 valence electrons. The summed E-state index contributed by atoms with van der Waals surface area (Å²) < 4.78 is 4.61. The molecule has 0 saturated carbocycles. The van der Waals surface area contributed by atoms with Gasteiger partial charge in [0.05, 0.1) is 6.54 Å². The minimum Gasteiger partial charge on any atom is -0.290 e. The van der Waals surface area contributed by atoms with Crippen LogP contribution in [0.1, 0.15) is 60.8 Å². The largest absolute Gasteiger partial charge is 0.290 e. The molecule has 4 rings (SSSR count). The average molecular weight is 374 g/mol. The van der Waals surface area contributed by atoms with Crippen molar-refractivity contribution in [2.24, 2.45) is 0 Å². The smallest absolute Gasteiger partial charge is 0.257 e. The average Bonchev–Trinajstić information content (AvgIpc) is 2.89. The second-order valence-electron chi connectivity index (χ2n) is 8.09. The lowest BCUT2D eigenvalue weighted by molar-refractivity contribution is -0.690. The summed E-state index contributed by atoms with van der Waals surface area (Å²) in [5.74, 6) is 1.94. The van der Waals surface area contributed by atoms with Crippen molar-refractivity contribution in [2.45, 2.75) is 58.5 Å². The Morgan fingerprint density at radius 1 is 1.00 bits per heavy atom. The molecule has 2 heterocycles. The fourth-order valence-electron chi connectivity index (χ4n) is 4.12. The van der Waals surface area contributed by atoms with Crippen molar-refractivity contribution in [1.29, 1.82) is 0 Å². The fraction of sp³-hybridized carbons (Fsp3) is 0.360. The second-order valence-corrected chi connectivity index (χ2v) is 8.09. The van der Waals surface area contributed by atoms with E-state index in [0.717, 1.165) is 18.5 Å². The number of hydrogen-bond donors (Lipinski definition) is 0. The Morgan fingerprint density at radius 3 is 2.46 bits per heavy atom. The first-order valence-corrected chi connectivity index (χ1v) is 10.4. The van der Waals surface area contributed by atoms with Crippen molar-refractivity contribution in [3.8, 4) is 11.3 Å². The number of hydrogen-bond acceptors (Lipinski definition) is 1. The molecule has 28 heavy (non-hydrogen) atoms. The lowest BCUT2D eigenvalue weighted by Crippen LogP contribution is -2.40. The number of fused-ring (bicyclic) bond motifs is 1. The van der Waals surface area contributed by atoms with E-state index in [1.807, 2.05) is 18.2 Å². The molecule has 2 aromatic carbocycles. The maximum atomic E-state index is 13.0. The molecule has 3 heteroatoms. The van der Waals surface area contributed by atoms with Crippen LogP contribution < -0.4 is 4.57 Å². The molecule has 0 amide bonds. The monoisotopic (exact) mass is 373 g/mol. The highest BCUT2D eigenvalue weighted by atomic mass is 16.1. The molecular weight excluding hydrogens is 344 g/mol. The van der Waals surface area contributed by atoms with Crippen LogP contribution in [-0.2, 0) is 19.5 Å². The molecule has 0 fully saturated rings. The molecule has 1 aliphatic rings. The van der Waals surface area contributed by atoms with Crippen molar-refractivity contribution >= 4 is 5.78 Å². The summed E-state index contributed by atoms with van der Waals surface area (Å²) in [7, 11) is 0. The number of carbonyl (C=O) groups is 1. The lowest BCUT2D eigenvalue weighted by Gasteiger charge is -2.06.